The molecule has 0 aliphatic carbocycles. The molecule has 4 heterocycles. The monoisotopic (exact) mass is 359 g/mol. The van der Waals surface area contributed by atoms with E-state index in [0.29, 0.717) is 5.92 Å². The Kier molecular flexibility index (Phi) is 3.93. The molecule has 1 saturated heterocycles. The summed E-state index contributed by atoms with van der Waals surface area (Å²) >= 11 is 0. The summed E-state index contributed by atoms with van der Waals surface area (Å²) in [5, 5.41) is 10.9. The predicted octanol–water partition coefficient (Wildman–Crippen LogP) is 2.47. The highest BCUT2D eigenvalue weighted by molar-refractivity contribution is 5.87. The zero-order valence-corrected chi connectivity index (χ0v) is 14.9. The van der Waals surface area contributed by atoms with Crippen LogP contribution in [-0.2, 0) is 6.54 Å². The number of allylic oxidation sites excluding steroid dienone is 1. The molecule has 0 bridgehead atoms. The van der Waals surface area contributed by atoms with Crippen molar-refractivity contribution >= 4 is 17.9 Å². The number of fused-ring (bicyclic) bond motifs is 3. The molecule has 0 atom stereocenters. The SMILES string of the molecule is N#Cc1ccc(CN2CCC(C3=C4c5cc[nH]c5N=CN4NN3)CC2)cc1. The normalized spacial score (nSPS) is 19.6. The van der Waals surface area contributed by atoms with Gasteiger partial charge in [-0.2, -0.15) is 5.26 Å². The highest BCUT2D eigenvalue weighted by Crippen LogP contribution is 2.38. The van der Waals surface area contributed by atoms with E-state index in [9.17, 15) is 0 Å². The average molecular weight is 359 g/mol. The van der Waals surface area contributed by atoms with E-state index in [1.807, 2.05) is 29.7 Å². The maximum Gasteiger partial charge on any atom is 0.141 e. The minimum atomic E-state index is 0.504. The lowest BCUT2D eigenvalue weighted by atomic mass is 9.91. The van der Waals surface area contributed by atoms with E-state index in [1.54, 1.807) is 0 Å². The van der Waals surface area contributed by atoms with Gasteiger partial charge in [-0.25, -0.2) is 10.0 Å². The topological polar surface area (TPSA) is 82.5 Å². The molecule has 136 valence electrons. The highest BCUT2D eigenvalue weighted by atomic mass is 15.7. The molecule has 3 aliphatic rings. The molecule has 2 aromatic rings. The maximum absolute atomic E-state index is 8.92. The first-order valence-electron chi connectivity index (χ1n) is 9.30. The summed E-state index contributed by atoms with van der Waals surface area (Å²) in [5.74, 6) is 1.42. The molecule has 0 radical (unpaired) electrons. The van der Waals surface area contributed by atoms with Gasteiger partial charge in [-0.05, 0) is 49.7 Å². The molecule has 0 unspecified atom stereocenters. The van der Waals surface area contributed by atoms with Crippen molar-refractivity contribution < 1.29 is 0 Å². The highest BCUT2D eigenvalue weighted by Gasteiger charge is 2.33. The van der Waals surface area contributed by atoms with E-state index in [2.05, 4.69) is 50.1 Å². The van der Waals surface area contributed by atoms with Crippen LogP contribution >= 0.6 is 0 Å². The first-order chi connectivity index (χ1) is 13.3. The van der Waals surface area contributed by atoms with E-state index < -0.39 is 0 Å². The van der Waals surface area contributed by atoms with E-state index in [4.69, 9.17) is 5.26 Å². The standard InChI is InChI=1S/C20H21N7/c21-11-14-1-3-15(4-2-14)12-26-9-6-16(7-10-26)18-19-17-5-8-22-20(17)23-13-27(19)25-24-18/h1-5,8,13,16,22,24-25H,6-7,9-10,12H2. The van der Waals surface area contributed by atoms with Crippen molar-refractivity contribution in [2.24, 2.45) is 10.9 Å². The number of likely N-dealkylation sites (tertiary alicyclic amines) is 1. The Balaban J connectivity index is 1.28. The van der Waals surface area contributed by atoms with Gasteiger partial charge in [0.2, 0.25) is 0 Å². The number of nitrogens with zero attached hydrogens (tertiary/aromatic N) is 4. The first-order valence-corrected chi connectivity index (χ1v) is 9.30. The van der Waals surface area contributed by atoms with Crippen LogP contribution in [0.5, 0.6) is 0 Å². The molecule has 3 N–H and O–H groups in total. The Hall–Kier alpha value is -3.08. The third-order valence-corrected chi connectivity index (χ3v) is 5.57. The summed E-state index contributed by atoms with van der Waals surface area (Å²) in [6.07, 6.45) is 5.99. The molecule has 7 nitrogen and oxygen atoms in total. The van der Waals surface area contributed by atoms with Crippen LogP contribution in [0.3, 0.4) is 0 Å². The predicted molar refractivity (Wildman–Crippen MR) is 103 cm³/mol. The minimum Gasteiger partial charge on any atom is -0.346 e. The largest absolute Gasteiger partial charge is 0.346 e. The van der Waals surface area contributed by atoms with Gasteiger partial charge in [-0.1, -0.05) is 12.1 Å². The number of hydrazine groups is 2. The molecule has 1 aromatic heterocycles. The van der Waals surface area contributed by atoms with Crippen molar-refractivity contribution in [3.05, 3.63) is 58.9 Å². The smallest absolute Gasteiger partial charge is 0.141 e. The first kappa shape index (κ1) is 16.1. The van der Waals surface area contributed by atoms with Gasteiger partial charge in [0.1, 0.15) is 12.2 Å². The number of aromatic amines is 1. The second kappa shape index (κ2) is 6.58. The second-order valence-electron chi connectivity index (χ2n) is 7.21. The number of H-pyrrole nitrogens is 1. The van der Waals surface area contributed by atoms with E-state index >= 15 is 0 Å². The number of piperidine rings is 1. The van der Waals surface area contributed by atoms with E-state index in [-0.39, 0.29) is 0 Å². The van der Waals surface area contributed by atoms with Gasteiger partial charge in [0.25, 0.3) is 0 Å². The number of rotatable bonds is 3. The van der Waals surface area contributed by atoms with Crippen LogP contribution < -0.4 is 11.0 Å². The molecule has 5 rings (SSSR count). The number of nitriles is 1. The van der Waals surface area contributed by atoms with Crippen LogP contribution in [0.4, 0.5) is 5.82 Å². The number of benzene rings is 1. The van der Waals surface area contributed by atoms with Crippen LogP contribution in [0.1, 0.15) is 29.5 Å². The third kappa shape index (κ3) is 2.89. The number of hydrogen-bond donors (Lipinski definition) is 3. The van der Waals surface area contributed by atoms with Crippen molar-refractivity contribution in [3.63, 3.8) is 0 Å². The molecule has 0 amide bonds. The number of nitrogens with one attached hydrogen (secondary N) is 3. The molecular weight excluding hydrogens is 338 g/mol. The summed E-state index contributed by atoms with van der Waals surface area (Å²) in [4.78, 5) is 10.1. The van der Waals surface area contributed by atoms with Crippen LogP contribution in [0.25, 0.3) is 5.70 Å². The molecule has 1 aromatic carbocycles. The summed E-state index contributed by atoms with van der Waals surface area (Å²) in [5.41, 5.74) is 12.2. The second-order valence-corrected chi connectivity index (χ2v) is 7.21. The van der Waals surface area contributed by atoms with Crippen LogP contribution in [-0.4, -0.2) is 34.3 Å². The summed E-state index contributed by atoms with van der Waals surface area (Å²) in [6.45, 7) is 3.07. The summed E-state index contributed by atoms with van der Waals surface area (Å²) in [6, 6.07) is 12.2. The van der Waals surface area contributed by atoms with E-state index in [1.165, 1.54) is 17.0 Å². The lowest BCUT2D eigenvalue weighted by molar-refractivity contribution is 0.188. The van der Waals surface area contributed by atoms with Gasteiger partial charge in [0.15, 0.2) is 0 Å². The van der Waals surface area contributed by atoms with Crippen molar-refractivity contribution in [3.8, 4) is 6.07 Å². The summed E-state index contributed by atoms with van der Waals surface area (Å²) < 4.78 is 0. The van der Waals surface area contributed by atoms with Gasteiger partial charge in [-0.15, -0.1) is 5.53 Å². The van der Waals surface area contributed by atoms with Gasteiger partial charge in [0, 0.05) is 24.2 Å². The third-order valence-electron chi connectivity index (χ3n) is 5.57. The lowest BCUT2D eigenvalue weighted by Gasteiger charge is -2.32. The van der Waals surface area contributed by atoms with E-state index in [0.717, 1.165) is 49.4 Å². The van der Waals surface area contributed by atoms with Crippen molar-refractivity contribution in [2.75, 3.05) is 13.1 Å². The minimum absolute atomic E-state index is 0.504. The van der Waals surface area contributed by atoms with Crippen LogP contribution in [0.15, 0.2) is 47.2 Å². The quantitative estimate of drug-likeness (QED) is 0.784. The Bertz CT molecular complexity index is 939. The molecule has 0 saturated carbocycles. The molecule has 1 fully saturated rings. The molecule has 27 heavy (non-hydrogen) atoms. The number of hydrogen-bond acceptors (Lipinski definition) is 6. The lowest BCUT2D eigenvalue weighted by Crippen LogP contribution is -2.39. The number of aromatic nitrogens is 1. The molecule has 0 spiro atoms. The van der Waals surface area contributed by atoms with Gasteiger partial charge in [0.05, 0.1) is 23.0 Å². The average Bonchev–Trinajstić information content (AvgIpc) is 3.35. The molecule has 3 aliphatic heterocycles. The van der Waals surface area contributed by atoms with Crippen molar-refractivity contribution in [1.82, 2.24) is 25.9 Å². The Morgan fingerprint density at radius 2 is 1.96 bits per heavy atom. The fourth-order valence-electron chi connectivity index (χ4n) is 4.12. The summed E-state index contributed by atoms with van der Waals surface area (Å²) in [7, 11) is 0. The van der Waals surface area contributed by atoms with Gasteiger partial charge in [-0.3, -0.25) is 4.90 Å². The fraction of sp³-hybridized carbons (Fsp3) is 0.300. The van der Waals surface area contributed by atoms with Crippen molar-refractivity contribution in [2.45, 2.75) is 19.4 Å². The zero-order chi connectivity index (χ0) is 18.2. The zero-order valence-electron chi connectivity index (χ0n) is 14.9. The Labute approximate surface area is 157 Å². The van der Waals surface area contributed by atoms with Crippen molar-refractivity contribution in [1.29, 1.82) is 5.26 Å². The van der Waals surface area contributed by atoms with Gasteiger partial charge >= 0.3 is 0 Å². The van der Waals surface area contributed by atoms with Gasteiger partial charge < -0.3 is 10.4 Å². The molecular formula is C20H21N7. The Morgan fingerprint density at radius 1 is 1.15 bits per heavy atom. The molecule has 7 heteroatoms. The number of aliphatic imine (C=N–C) groups is 1. The Morgan fingerprint density at radius 3 is 2.74 bits per heavy atom. The van der Waals surface area contributed by atoms with Crippen LogP contribution in [0, 0.1) is 17.2 Å². The fourth-order valence-corrected chi connectivity index (χ4v) is 4.12. The maximum atomic E-state index is 8.92. The van der Waals surface area contributed by atoms with Crippen LogP contribution in [0.2, 0.25) is 0 Å².